The minimum absolute atomic E-state index is 0.333. The monoisotopic (exact) mass is 283 g/mol. The Kier molecular flexibility index (Phi) is 5.05. The molecule has 1 aliphatic rings. The third-order valence-corrected chi connectivity index (χ3v) is 3.40. The predicted octanol–water partition coefficient (Wildman–Crippen LogP) is 3.04. The van der Waals surface area contributed by atoms with E-state index < -0.39 is 5.97 Å². The van der Waals surface area contributed by atoms with Gasteiger partial charge in [-0.05, 0) is 43.9 Å². The highest BCUT2D eigenvalue weighted by Crippen LogP contribution is 2.19. The number of hydrogen-bond acceptors (Lipinski definition) is 4. The molecular formula is C14H18ClNO3. The Morgan fingerprint density at radius 3 is 3.05 bits per heavy atom. The van der Waals surface area contributed by atoms with Gasteiger partial charge in [0, 0.05) is 17.3 Å². The second kappa shape index (κ2) is 6.78. The zero-order valence-corrected chi connectivity index (χ0v) is 11.5. The van der Waals surface area contributed by atoms with E-state index in [0.29, 0.717) is 29.0 Å². The van der Waals surface area contributed by atoms with E-state index in [2.05, 4.69) is 0 Å². The van der Waals surface area contributed by atoms with Crippen LogP contribution in [0.2, 0.25) is 5.02 Å². The highest BCUT2D eigenvalue weighted by molar-refractivity contribution is 6.31. The van der Waals surface area contributed by atoms with Crippen molar-refractivity contribution in [1.82, 2.24) is 0 Å². The van der Waals surface area contributed by atoms with Crippen LogP contribution in [-0.2, 0) is 9.47 Å². The van der Waals surface area contributed by atoms with Crippen LogP contribution in [0.15, 0.2) is 18.2 Å². The van der Waals surface area contributed by atoms with Crippen LogP contribution in [0.25, 0.3) is 0 Å². The van der Waals surface area contributed by atoms with Crippen LogP contribution in [0.4, 0.5) is 5.69 Å². The van der Waals surface area contributed by atoms with E-state index in [0.717, 1.165) is 32.3 Å². The number of anilines is 1. The number of esters is 1. The quantitative estimate of drug-likeness (QED) is 0.512. The Hall–Kier alpha value is -1.26. The van der Waals surface area contributed by atoms with E-state index >= 15 is 0 Å². The Morgan fingerprint density at radius 2 is 2.37 bits per heavy atom. The highest BCUT2D eigenvalue weighted by atomic mass is 35.5. The van der Waals surface area contributed by atoms with Gasteiger partial charge >= 0.3 is 5.97 Å². The van der Waals surface area contributed by atoms with E-state index in [1.54, 1.807) is 18.2 Å². The van der Waals surface area contributed by atoms with E-state index in [4.69, 9.17) is 26.8 Å². The second-order valence-electron chi connectivity index (χ2n) is 4.64. The van der Waals surface area contributed by atoms with Crippen LogP contribution in [0.3, 0.4) is 0 Å². The van der Waals surface area contributed by atoms with Gasteiger partial charge in [0.2, 0.25) is 0 Å². The molecular weight excluding hydrogens is 266 g/mol. The molecule has 1 heterocycles. The minimum atomic E-state index is -0.401. The maximum Gasteiger partial charge on any atom is 0.340 e. The molecule has 0 amide bonds. The van der Waals surface area contributed by atoms with Crippen molar-refractivity contribution in [2.75, 3.05) is 18.9 Å². The van der Waals surface area contributed by atoms with Crippen LogP contribution in [0.5, 0.6) is 0 Å². The third-order valence-electron chi connectivity index (χ3n) is 3.16. The second-order valence-corrected chi connectivity index (χ2v) is 5.08. The Morgan fingerprint density at radius 1 is 1.53 bits per heavy atom. The summed E-state index contributed by atoms with van der Waals surface area (Å²) < 4.78 is 10.7. The lowest BCUT2D eigenvalue weighted by molar-refractivity contribution is 0.0462. The highest BCUT2D eigenvalue weighted by Gasteiger charge is 2.15. The van der Waals surface area contributed by atoms with Gasteiger partial charge in [0.15, 0.2) is 0 Å². The zero-order chi connectivity index (χ0) is 13.7. The number of carbonyl (C=O) groups is 1. The Labute approximate surface area is 117 Å². The fraction of sp³-hybridized carbons (Fsp3) is 0.500. The zero-order valence-electron chi connectivity index (χ0n) is 10.7. The van der Waals surface area contributed by atoms with E-state index in [-0.39, 0.29) is 0 Å². The van der Waals surface area contributed by atoms with Gasteiger partial charge < -0.3 is 15.2 Å². The van der Waals surface area contributed by atoms with Crippen LogP contribution in [-0.4, -0.2) is 25.3 Å². The van der Waals surface area contributed by atoms with Crippen molar-refractivity contribution in [3.8, 4) is 0 Å². The first-order chi connectivity index (χ1) is 9.16. The molecule has 1 aliphatic heterocycles. The number of carbonyl (C=O) groups excluding carboxylic acids is 1. The first kappa shape index (κ1) is 14.2. The number of nitrogen functional groups attached to an aromatic ring is 1. The molecule has 5 heteroatoms. The smallest absolute Gasteiger partial charge is 0.340 e. The van der Waals surface area contributed by atoms with Gasteiger partial charge in [0.1, 0.15) is 0 Å². The normalized spacial score (nSPS) is 18.5. The van der Waals surface area contributed by atoms with Crippen molar-refractivity contribution in [1.29, 1.82) is 0 Å². The molecule has 2 N–H and O–H groups in total. The van der Waals surface area contributed by atoms with Crippen molar-refractivity contribution in [2.24, 2.45) is 0 Å². The first-order valence-electron chi connectivity index (χ1n) is 6.50. The molecule has 1 atom stereocenters. The lowest BCUT2D eigenvalue weighted by Gasteiger charge is -2.10. The van der Waals surface area contributed by atoms with Gasteiger partial charge in [-0.1, -0.05) is 11.6 Å². The molecule has 0 aliphatic carbocycles. The molecule has 0 spiro atoms. The summed E-state index contributed by atoms with van der Waals surface area (Å²) in [5, 5.41) is 0.507. The van der Waals surface area contributed by atoms with Crippen LogP contribution < -0.4 is 5.73 Å². The molecule has 0 bridgehead atoms. The summed E-state index contributed by atoms with van der Waals surface area (Å²) in [6, 6.07) is 4.76. The van der Waals surface area contributed by atoms with Gasteiger partial charge in [0.25, 0.3) is 0 Å². The summed E-state index contributed by atoms with van der Waals surface area (Å²) in [5.41, 5.74) is 6.43. The summed E-state index contributed by atoms with van der Waals surface area (Å²) >= 11 is 5.78. The van der Waals surface area contributed by atoms with E-state index in [9.17, 15) is 4.79 Å². The maximum absolute atomic E-state index is 11.8. The maximum atomic E-state index is 11.8. The summed E-state index contributed by atoms with van der Waals surface area (Å²) in [7, 11) is 0. The van der Waals surface area contributed by atoms with Crippen LogP contribution in [0.1, 0.15) is 36.0 Å². The average molecular weight is 284 g/mol. The molecule has 19 heavy (non-hydrogen) atoms. The lowest BCUT2D eigenvalue weighted by Crippen LogP contribution is -2.11. The molecule has 4 nitrogen and oxygen atoms in total. The topological polar surface area (TPSA) is 61.6 Å². The molecule has 104 valence electrons. The fourth-order valence-electron chi connectivity index (χ4n) is 2.15. The summed E-state index contributed by atoms with van der Waals surface area (Å²) in [4.78, 5) is 11.8. The number of rotatable bonds is 5. The van der Waals surface area contributed by atoms with Gasteiger partial charge in [-0.2, -0.15) is 0 Å². The van der Waals surface area contributed by atoms with Crippen molar-refractivity contribution in [3.05, 3.63) is 28.8 Å². The number of nitrogens with two attached hydrogens (primary N) is 1. The van der Waals surface area contributed by atoms with Crippen LogP contribution in [0, 0.1) is 0 Å². The summed E-state index contributed by atoms with van der Waals surface area (Å²) in [5.74, 6) is -0.401. The molecule has 1 aromatic rings. The van der Waals surface area contributed by atoms with Crippen molar-refractivity contribution in [2.45, 2.75) is 31.8 Å². The molecule has 0 radical (unpaired) electrons. The van der Waals surface area contributed by atoms with Gasteiger partial charge in [0.05, 0.1) is 18.3 Å². The van der Waals surface area contributed by atoms with Crippen molar-refractivity contribution >= 4 is 23.3 Å². The van der Waals surface area contributed by atoms with Crippen molar-refractivity contribution < 1.29 is 14.3 Å². The summed E-state index contributed by atoms with van der Waals surface area (Å²) in [6.07, 6.45) is 4.32. The lowest BCUT2D eigenvalue weighted by atomic mass is 10.1. The number of benzene rings is 1. The number of ether oxygens (including phenoxy) is 2. The molecule has 1 fully saturated rings. The largest absolute Gasteiger partial charge is 0.462 e. The Bertz CT molecular complexity index is 444. The average Bonchev–Trinajstić information content (AvgIpc) is 2.87. The van der Waals surface area contributed by atoms with Gasteiger partial charge in [-0.15, -0.1) is 0 Å². The Balaban J connectivity index is 1.74. The molecule has 1 aromatic carbocycles. The third kappa shape index (κ3) is 4.11. The van der Waals surface area contributed by atoms with E-state index in [1.165, 1.54) is 0 Å². The standard InChI is InChI=1S/C14H18ClNO3/c15-10-5-6-12(13(16)9-10)14(17)19-8-2-4-11-3-1-7-18-11/h5-6,9,11H,1-4,7-8,16H2. The van der Waals surface area contributed by atoms with Gasteiger partial charge in [-0.25, -0.2) is 4.79 Å². The first-order valence-corrected chi connectivity index (χ1v) is 6.88. The number of halogens is 1. The SMILES string of the molecule is Nc1cc(Cl)ccc1C(=O)OCCCC1CCCO1. The number of hydrogen-bond donors (Lipinski definition) is 1. The fourth-order valence-corrected chi connectivity index (χ4v) is 2.33. The molecule has 1 saturated heterocycles. The van der Waals surface area contributed by atoms with Gasteiger partial charge in [-0.3, -0.25) is 0 Å². The van der Waals surface area contributed by atoms with E-state index in [1.807, 2.05) is 0 Å². The summed E-state index contributed by atoms with van der Waals surface area (Å²) in [6.45, 7) is 1.24. The molecule has 0 aromatic heterocycles. The molecule has 2 rings (SSSR count). The predicted molar refractivity (Wildman–Crippen MR) is 74.4 cm³/mol. The molecule has 1 unspecified atom stereocenters. The molecule has 0 saturated carbocycles. The van der Waals surface area contributed by atoms with Crippen LogP contribution >= 0.6 is 11.6 Å². The van der Waals surface area contributed by atoms with Crippen molar-refractivity contribution in [3.63, 3.8) is 0 Å². The minimum Gasteiger partial charge on any atom is -0.462 e.